The second-order valence-corrected chi connectivity index (χ2v) is 16.5. The lowest BCUT2D eigenvalue weighted by atomic mass is 9.52. The van der Waals surface area contributed by atoms with Gasteiger partial charge in [-0.15, -0.1) is 0 Å². The first kappa shape index (κ1) is 26.5. The lowest BCUT2D eigenvalue weighted by Crippen LogP contribution is -2.63. The Kier molecular flexibility index (Phi) is 5.74. The molecule has 2 aromatic rings. The second-order valence-electron chi connectivity index (χ2n) is 14.3. The number of nitrogens with zero attached hydrogens (tertiary/aromatic N) is 5. The van der Waals surface area contributed by atoms with E-state index in [-0.39, 0.29) is 29.4 Å². The summed E-state index contributed by atoms with van der Waals surface area (Å²) in [7, 11) is -3.14. The molecule has 0 spiro atoms. The van der Waals surface area contributed by atoms with E-state index in [0.29, 0.717) is 37.4 Å². The molecule has 2 N–H and O–H groups in total. The van der Waals surface area contributed by atoms with Crippen molar-refractivity contribution in [2.75, 3.05) is 40.9 Å². The van der Waals surface area contributed by atoms with Crippen molar-refractivity contribution < 1.29 is 18.3 Å². The molecular formula is C32H40N6O4S. The number of aliphatic hydroxyl groups is 1. The van der Waals surface area contributed by atoms with Gasteiger partial charge in [0.05, 0.1) is 34.1 Å². The maximum absolute atomic E-state index is 13.7. The molecule has 8 aliphatic rings. The number of aromatic nitrogens is 1. The Morgan fingerprint density at radius 2 is 1.70 bits per heavy atom. The highest BCUT2D eigenvalue weighted by Gasteiger charge is 2.55. The summed E-state index contributed by atoms with van der Waals surface area (Å²) in [6.45, 7) is 2.49. The summed E-state index contributed by atoms with van der Waals surface area (Å²) in [5.74, 6) is 2.19. The molecule has 0 radical (unpaired) electrons. The summed E-state index contributed by atoms with van der Waals surface area (Å²) in [6, 6.07) is 12.6. The van der Waals surface area contributed by atoms with E-state index in [0.717, 1.165) is 80.8 Å². The van der Waals surface area contributed by atoms with E-state index in [1.807, 2.05) is 35.4 Å². The molecule has 43 heavy (non-hydrogen) atoms. The Labute approximate surface area is 253 Å². The van der Waals surface area contributed by atoms with Crippen LogP contribution in [0, 0.1) is 17.8 Å². The van der Waals surface area contributed by atoms with Gasteiger partial charge in [-0.2, -0.15) is 4.31 Å². The normalized spacial score (nSPS) is 36.3. The van der Waals surface area contributed by atoms with E-state index in [1.54, 1.807) is 4.31 Å². The van der Waals surface area contributed by atoms with E-state index in [9.17, 15) is 18.3 Å². The number of rotatable bonds is 5. The number of pyridine rings is 1. The van der Waals surface area contributed by atoms with Gasteiger partial charge in [-0.05, 0) is 93.4 Å². The van der Waals surface area contributed by atoms with Gasteiger partial charge in [0.1, 0.15) is 5.82 Å². The molecule has 6 bridgehead atoms. The molecule has 1 aromatic heterocycles. The number of nitrogens with one attached hydrogen (secondary N) is 1. The first-order valence-corrected chi connectivity index (χ1v) is 17.7. The van der Waals surface area contributed by atoms with Gasteiger partial charge in [0.15, 0.2) is 0 Å². The van der Waals surface area contributed by atoms with Gasteiger partial charge in [-0.3, -0.25) is 4.90 Å². The fourth-order valence-electron chi connectivity index (χ4n) is 9.77. The minimum absolute atomic E-state index is 0.0401. The number of urea groups is 1. The number of carbonyl (C=O) groups is 1. The van der Waals surface area contributed by atoms with Crippen LogP contribution in [0.2, 0.25) is 0 Å². The molecule has 3 aliphatic heterocycles. The molecule has 1 aromatic carbocycles. The van der Waals surface area contributed by atoms with Crippen molar-refractivity contribution in [2.24, 2.45) is 17.8 Å². The summed E-state index contributed by atoms with van der Waals surface area (Å²) in [6.07, 6.45) is 9.21. The van der Waals surface area contributed by atoms with Crippen LogP contribution < -0.4 is 20.0 Å². The van der Waals surface area contributed by atoms with Gasteiger partial charge in [-0.25, -0.2) is 18.2 Å². The summed E-state index contributed by atoms with van der Waals surface area (Å²) < 4.78 is 27.4. The van der Waals surface area contributed by atoms with E-state index in [2.05, 4.69) is 27.2 Å². The molecule has 10 rings (SSSR count). The number of amides is 2. The molecule has 2 unspecified atom stereocenters. The summed E-state index contributed by atoms with van der Waals surface area (Å²) in [5.41, 5.74) is 2.37. The zero-order valence-corrected chi connectivity index (χ0v) is 25.2. The van der Waals surface area contributed by atoms with Crippen molar-refractivity contribution in [2.45, 2.75) is 80.3 Å². The summed E-state index contributed by atoms with van der Waals surface area (Å²) in [4.78, 5) is 25.0. The number of fused-ring (bicyclic) bond motifs is 3. The van der Waals surface area contributed by atoms with Crippen LogP contribution in [-0.2, 0) is 10.0 Å². The van der Waals surface area contributed by atoms with Crippen LogP contribution >= 0.6 is 0 Å². The van der Waals surface area contributed by atoms with Crippen molar-refractivity contribution >= 4 is 38.9 Å². The third-order valence-electron chi connectivity index (χ3n) is 11.6. The number of benzene rings is 1. The van der Waals surface area contributed by atoms with Crippen molar-refractivity contribution in [3.8, 4) is 0 Å². The minimum Gasteiger partial charge on any atom is -0.390 e. The number of sulfonamides is 1. The van der Waals surface area contributed by atoms with Gasteiger partial charge < -0.3 is 20.2 Å². The fraction of sp³-hybridized carbons (Fsp3) is 0.625. The van der Waals surface area contributed by atoms with E-state index >= 15 is 0 Å². The Bertz CT molecular complexity index is 1550. The van der Waals surface area contributed by atoms with Crippen LogP contribution in [0.5, 0.6) is 0 Å². The molecule has 4 atom stereocenters. The quantitative estimate of drug-likeness (QED) is 0.538. The van der Waals surface area contributed by atoms with Gasteiger partial charge in [-0.1, -0.05) is 12.1 Å². The zero-order chi connectivity index (χ0) is 29.1. The topological polar surface area (TPSA) is 109 Å². The number of anilines is 4. The Hall–Kier alpha value is -2.89. The standard InChI is InChI=1S/C32H40N6O4S/c39-31(34-30-21-11-20-12-22(30)16-32(40,14-20)15-21)36-10-9-35(27-3-1-2-4-28(27)36)29-8-5-23(17-33-29)37-18-25-13-24(37)19-38(25)43(41,42)26-6-7-26/h1-5,8,17,20-22,24-26,30,40H,6-7,9-16,18-19H2,(H,34,39)/t20?,21?,22?,24-,25+,30?,32?/m1/s1. The Balaban J connectivity index is 0.898. The smallest absolute Gasteiger partial charge is 0.322 e. The van der Waals surface area contributed by atoms with Gasteiger partial charge in [0.2, 0.25) is 10.0 Å². The van der Waals surface area contributed by atoms with Crippen LogP contribution in [0.15, 0.2) is 42.6 Å². The fourth-order valence-corrected chi connectivity index (χ4v) is 11.8. The second kappa shape index (κ2) is 9.31. The number of hydrogen-bond acceptors (Lipinski definition) is 7. The van der Waals surface area contributed by atoms with Crippen molar-refractivity contribution in [3.63, 3.8) is 0 Å². The van der Waals surface area contributed by atoms with Crippen molar-refractivity contribution in [1.82, 2.24) is 14.6 Å². The number of hydrogen-bond donors (Lipinski definition) is 2. The minimum atomic E-state index is -3.14. The average molecular weight is 605 g/mol. The van der Waals surface area contributed by atoms with Crippen LogP contribution in [0.4, 0.5) is 27.7 Å². The summed E-state index contributed by atoms with van der Waals surface area (Å²) in [5, 5.41) is 14.2. The first-order valence-electron chi connectivity index (χ1n) is 16.2. The Morgan fingerprint density at radius 3 is 2.35 bits per heavy atom. The molecule has 2 saturated heterocycles. The van der Waals surface area contributed by atoms with E-state index in [4.69, 9.17) is 4.98 Å². The molecule has 11 heteroatoms. The molecule has 2 amide bonds. The van der Waals surface area contributed by atoms with E-state index < -0.39 is 15.6 Å². The lowest BCUT2D eigenvalue weighted by molar-refractivity contribution is -0.136. The number of piperazine rings is 1. The zero-order valence-electron chi connectivity index (χ0n) is 24.4. The molecule has 228 valence electrons. The molecule has 10 nitrogen and oxygen atoms in total. The lowest BCUT2D eigenvalue weighted by Gasteiger charge is -2.58. The predicted octanol–water partition coefficient (Wildman–Crippen LogP) is 3.44. The largest absolute Gasteiger partial charge is 0.390 e. The molecule has 5 saturated carbocycles. The highest BCUT2D eigenvalue weighted by molar-refractivity contribution is 7.90. The first-order chi connectivity index (χ1) is 20.8. The van der Waals surface area contributed by atoms with Crippen LogP contribution in [-0.4, -0.2) is 84.0 Å². The van der Waals surface area contributed by atoms with Crippen molar-refractivity contribution in [1.29, 1.82) is 0 Å². The molecular weight excluding hydrogens is 564 g/mol. The van der Waals surface area contributed by atoms with Gasteiger partial charge >= 0.3 is 6.03 Å². The monoisotopic (exact) mass is 604 g/mol. The average Bonchev–Trinajstić information content (AvgIpc) is 3.67. The van der Waals surface area contributed by atoms with Crippen LogP contribution in [0.25, 0.3) is 0 Å². The molecule has 7 fully saturated rings. The predicted molar refractivity (Wildman–Crippen MR) is 164 cm³/mol. The van der Waals surface area contributed by atoms with Gasteiger partial charge in [0.25, 0.3) is 0 Å². The van der Waals surface area contributed by atoms with Crippen LogP contribution in [0.1, 0.15) is 51.4 Å². The SMILES string of the molecule is O=C(NC1C2CC3CC1CC(O)(C3)C2)N1CCN(c2ccc(N3C[C@@H]4C[C@@H]3CN4S(=O)(=O)C3CC3)cn2)c2ccccc21. The Morgan fingerprint density at radius 1 is 0.930 bits per heavy atom. The van der Waals surface area contributed by atoms with Crippen LogP contribution in [0.3, 0.4) is 0 Å². The maximum atomic E-state index is 13.7. The number of para-hydroxylation sites is 2. The maximum Gasteiger partial charge on any atom is 0.322 e. The third kappa shape index (κ3) is 4.21. The van der Waals surface area contributed by atoms with Crippen molar-refractivity contribution in [3.05, 3.63) is 42.6 Å². The highest BCUT2D eigenvalue weighted by Crippen LogP contribution is 2.55. The number of carbonyl (C=O) groups excluding carboxylic acids is 1. The highest BCUT2D eigenvalue weighted by atomic mass is 32.2. The molecule has 5 aliphatic carbocycles. The third-order valence-corrected chi connectivity index (χ3v) is 14.0. The molecule has 4 heterocycles. The van der Waals surface area contributed by atoms with Gasteiger partial charge in [0, 0.05) is 44.3 Å². The van der Waals surface area contributed by atoms with E-state index in [1.165, 1.54) is 0 Å². The summed E-state index contributed by atoms with van der Waals surface area (Å²) >= 11 is 0.